The highest BCUT2D eigenvalue weighted by atomic mass is 35.5. The fourth-order valence-electron chi connectivity index (χ4n) is 3.18. The Labute approximate surface area is 201 Å². The van der Waals surface area contributed by atoms with Gasteiger partial charge in [0.1, 0.15) is 17.6 Å². The number of rotatable bonds is 8. The van der Waals surface area contributed by atoms with Crippen molar-refractivity contribution < 1.29 is 18.9 Å². The van der Waals surface area contributed by atoms with E-state index in [4.69, 9.17) is 16.0 Å². The average Bonchev–Trinajstić information content (AvgIpc) is 3.26. The van der Waals surface area contributed by atoms with E-state index in [0.717, 1.165) is 5.56 Å². The molecule has 1 heterocycles. The average molecular weight is 483 g/mol. The predicted molar refractivity (Wildman–Crippen MR) is 129 cm³/mol. The zero-order valence-electron chi connectivity index (χ0n) is 18.7. The minimum absolute atomic E-state index is 0.0435. The molecule has 1 atom stereocenters. The number of non-ortho nitro benzene ring substituents is 1. The second-order valence-electron chi connectivity index (χ2n) is 7.87. The van der Waals surface area contributed by atoms with Crippen molar-refractivity contribution in [1.82, 2.24) is 10.7 Å². The van der Waals surface area contributed by atoms with Gasteiger partial charge in [0.2, 0.25) is 0 Å². The third kappa shape index (κ3) is 5.87. The highest BCUT2D eigenvalue weighted by Crippen LogP contribution is 2.28. The van der Waals surface area contributed by atoms with E-state index in [1.54, 1.807) is 56.3 Å². The molecular formula is C24H23ClN4O5. The number of halogens is 1. The lowest BCUT2D eigenvalue weighted by Crippen LogP contribution is -2.48. The van der Waals surface area contributed by atoms with Crippen LogP contribution in [0.1, 0.15) is 35.5 Å². The molecule has 1 unspecified atom stereocenters. The van der Waals surface area contributed by atoms with Gasteiger partial charge in [0.15, 0.2) is 0 Å². The number of hydrogen-bond donors (Lipinski definition) is 2. The molecule has 0 aliphatic rings. The summed E-state index contributed by atoms with van der Waals surface area (Å²) in [5.74, 6) is -0.420. The molecule has 0 saturated heterocycles. The van der Waals surface area contributed by atoms with Gasteiger partial charge in [0.05, 0.1) is 21.7 Å². The van der Waals surface area contributed by atoms with Crippen molar-refractivity contribution >= 4 is 35.3 Å². The zero-order valence-corrected chi connectivity index (χ0v) is 19.5. The van der Waals surface area contributed by atoms with E-state index in [1.165, 1.54) is 18.3 Å². The van der Waals surface area contributed by atoms with Crippen LogP contribution in [-0.4, -0.2) is 29.0 Å². The first-order valence-electron chi connectivity index (χ1n) is 10.4. The predicted octanol–water partition coefficient (Wildman–Crippen LogP) is 4.72. The summed E-state index contributed by atoms with van der Waals surface area (Å²) in [6.45, 7) is 5.40. The summed E-state index contributed by atoms with van der Waals surface area (Å²) >= 11 is 6.06. The van der Waals surface area contributed by atoms with E-state index < -0.39 is 22.8 Å². The van der Waals surface area contributed by atoms with Crippen LogP contribution in [0.5, 0.6) is 0 Å². The number of carbonyl (C=O) groups excluding carboxylic acids is 2. The van der Waals surface area contributed by atoms with Gasteiger partial charge in [-0.25, -0.2) is 5.43 Å². The maximum absolute atomic E-state index is 12.6. The zero-order chi connectivity index (χ0) is 24.8. The second-order valence-corrected chi connectivity index (χ2v) is 8.27. The Morgan fingerprint density at radius 2 is 1.88 bits per heavy atom. The molecule has 0 aliphatic heterocycles. The van der Waals surface area contributed by atoms with Crippen LogP contribution >= 0.6 is 11.6 Å². The Kier molecular flexibility index (Phi) is 7.80. The van der Waals surface area contributed by atoms with Gasteiger partial charge in [-0.3, -0.25) is 19.7 Å². The highest BCUT2D eigenvalue weighted by Gasteiger charge is 2.25. The summed E-state index contributed by atoms with van der Waals surface area (Å²) in [5, 5.41) is 17.9. The van der Waals surface area contributed by atoms with E-state index in [-0.39, 0.29) is 22.2 Å². The normalized spacial score (nSPS) is 12.0. The van der Waals surface area contributed by atoms with Gasteiger partial charge in [-0.1, -0.05) is 43.6 Å². The van der Waals surface area contributed by atoms with Gasteiger partial charge in [0.25, 0.3) is 17.5 Å². The lowest BCUT2D eigenvalue weighted by Gasteiger charge is -2.20. The quantitative estimate of drug-likeness (QED) is 0.273. The van der Waals surface area contributed by atoms with Crippen molar-refractivity contribution in [2.75, 3.05) is 0 Å². The van der Waals surface area contributed by atoms with Gasteiger partial charge in [-0.15, -0.1) is 0 Å². The third-order valence-corrected chi connectivity index (χ3v) is 5.37. The number of hydrogen-bond acceptors (Lipinski definition) is 6. The highest BCUT2D eigenvalue weighted by molar-refractivity contribution is 6.33. The third-order valence-electron chi connectivity index (χ3n) is 5.04. The number of amides is 2. The first kappa shape index (κ1) is 24.7. The Morgan fingerprint density at radius 3 is 2.56 bits per heavy atom. The fourth-order valence-corrected chi connectivity index (χ4v) is 3.41. The standard InChI is InChI=1S/C24H23ClN4O5/c1-14(2)22(27-23(30)18-6-4-5-7-20(18)25)24(31)28-26-13-17-10-11-21(34-17)19-12-16(29(32)33)9-8-15(19)3/h4-14,22H,1-3H3,(H,27,30)(H,28,31). The van der Waals surface area contributed by atoms with Gasteiger partial charge >= 0.3 is 0 Å². The van der Waals surface area contributed by atoms with E-state index in [9.17, 15) is 19.7 Å². The summed E-state index contributed by atoms with van der Waals surface area (Å²) in [6.07, 6.45) is 1.31. The Bertz CT molecular complexity index is 1250. The molecule has 0 fully saturated rings. The molecule has 34 heavy (non-hydrogen) atoms. The SMILES string of the molecule is Cc1ccc([N+](=O)[O-])cc1-c1ccc(C=NNC(=O)C(NC(=O)c2ccccc2Cl)C(C)C)o1. The van der Waals surface area contributed by atoms with Crippen LogP contribution in [0.2, 0.25) is 5.02 Å². The van der Waals surface area contributed by atoms with Crippen LogP contribution in [0.3, 0.4) is 0 Å². The molecule has 1 aromatic heterocycles. The van der Waals surface area contributed by atoms with Crippen molar-refractivity contribution in [3.63, 3.8) is 0 Å². The molecule has 9 nitrogen and oxygen atoms in total. The van der Waals surface area contributed by atoms with Crippen molar-refractivity contribution in [1.29, 1.82) is 0 Å². The molecule has 0 aliphatic carbocycles. The van der Waals surface area contributed by atoms with Crippen LogP contribution < -0.4 is 10.7 Å². The van der Waals surface area contributed by atoms with Gasteiger partial charge in [-0.05, 0) is 42.7 Å². The van der Waals surface area contributed by atoms with Crippen LogP contribution in [0, 0.1) is 23.0 Å². The largest absolute Gasteiger partial charge is 0.455 e. The maximum atomic E-state index is 12.6. The summed E-state index contributed by atoms with van der Waals surface area (Å²) < 4.78 is 5.70. The molecule has 2 N–H and O–H groups in total. The number of furan rings is 1. The minimum Gasteiger partial charge on any atom is -0.455 e. The number of nitrogens with one attached hydrogen (secondary N) is 2. The molecule has 3 aromatic rings. The van der Waals surface area contributed by atoms with Crippen molar-refractivity contribution in [3.05, 3.63) is 86.6 Å². The number of aryl methyl sites for hydroxylation is 1. The number of carbonyl (C=O) groups is 2. The molecule has 0 radical (unpaired) electrons. The molecule has 3 rings (SSSR count). The van der Waals surface area contributed by atoms with Gasteiger partial charge < -0.3 is 9.73 Å². The van der Waals surface area contributed by atoms with Crippen molar-refractivity contribution in [2.45, 2.75) is 26.8 Å². The smallest absolute Gasteiger partial charge is 0.270 e. The van der Waals surface area contributed by atoms with Crippen LogP contribution in [0.25, 0.3) is 11.3 Å². The molecule has 2 aromatic carbocycles. The Balaban J connectivity index is 1.67. The number of nitro benzene ring substituents is 1. The number of nitrogens with zero attached hydrogens (tertiary/aromatic N) is 2. The maximum Gasteiger partial charge on any atom is 0.270 e. The molecule has 0 saturated carbocycles. The molecule has 10 heteroatoms. The van der Waals surface area contributed by atoms with E-state index in [2.05, 4.69) is 15.8 Å². The monoisotopic (exact) mass is 482 g/mol. The molecule has 2 amide bonds. The minimum atomic E-state index is -0.847. The summed E-state index contributed by atoms with van der Waals surface area (Å²) in [4.78, 5) is 35.8. The number of benzene rings is 2. The molecule has 176 valence electrons. The number of hydrazone groups is 1. The number of nitro groups is 1. The van der Waals surface area contributed by atoms with Crippen LogP contribution in [0.4, 0.5) is 5.69 Å². The summed E-state index contributed by atoms with van der Waals surface area (Å²) in [7, 11) is 0. The fraction of sp³-hybridized carbons (Fsp3) is 0.208. The van der Waals surface area contributed by atoms with Crippen LogP contribution in [-0.2, 0) is 4.79 Å². The van der Waals surface area contributed by atoms with Crippen LogP contribution in [0.15, 0.2) is 64.1 Å². The van der Waals surface area contributed by atoms with Gasteiger partial charge in [-0.2, -0.15) is 5.10 Å². The van der Waals surface area contributed by atoms with Crippen molar-refractivity contribution in [2.24, 2.45) is 11.0 Å². The molecule has 0 bridgehead atoms. The first-order chi connectivity index (χ1) is 16.2. The van der Waals surface area contributed by atoms with Crippen molar-refractivity contribution in [3.8, 4) is 11.3 Å². The van der Waals surface area contributed by atoms with Gasteiger partial charge in [0, 0.05) is 17.7 Å². The lowest BCUT2D eigenvalue weighted by atomic mass is 10.0. The van der Waals surface area contributed by atoms with E-state index in [1.807, 2.05) is 6.92 Å². The second kappa shape index (κ2) is 10.8. The first-order valence-corrected chi connectivity index (χ1v) is 10.8. The van der Waals surface area contributed by atoms with E-state index >= 15 is 0 Å². The summed E-state index contributed by atoms with van der Waals surface area (Å²) in [6, 6.07) is 13.5. The topological polar surface area (TPSA) is 127 Å². The lowest BCUT2D eigenvalue weighted by molar-refractivity contribution is -0.384. The Morgan fingerprint density at radius 1 is 1.15 bits per heavy atom. The van der Waals surface area contributed by atoms with E-state index in [0.29, 0.717) is 17.1 Å². The Hall–Kier alpha value is -3.98. The summed E-state index contributed by atoms with van der Waals surface area (Å²) in [5.41, 5.74) is 4.02. The molecule has 0 spiro atoms. The molecular weight excluding hydrogens is 460 g/mol.